The van der Waals surface area contributed by atoms with Crippen LogP contribution in [-0.4, -0.2) is 26.0 Å². The fourth-order valence-electron chi connectivity index (χ4n) is 2.27. The fourth-order valence-corrected chi connectivity index (χ4v) is 3.26. The number of alkyl halides is 3. The molecule has 5 nitrogen and oxygen atoms in total. The Bertz CT molecular complexity index is 974. The summed E-state index contributed by atoms with van der Waals surface area (Å²) in [6.45, 7) is 1.92. The Morgan fingerprint density at radius 2 is 2.15 bits per heavy atom. The molecule has 26 heavy (non-hydrogen) atoms. The molecule has 0 aliphatic heterocycles. The van der Waals surface area contributed by atoms with E-state index in [1.807, 2.05) is 6.92 Å². The summed E-state index contributed by atoms with van der Waals surface area (Å²) in [6, 6.07) is 6.05. The number of thioether (sulfide) groups is 1. The Hall–Kier alpha value is -2.26. The monoisotopic (exact) mass is 400 g/mol. The molecule has 0 spiro atoms. The first-order valence-corrected chi connectivity index (χ1v) is 8.81. The number of amides is 1. The molecule has 10 heteroatoms. The Morgan fingerprint density at radius 3 is 2.85 bits per heavy atom. The maximum atomic E-state index is 12.8. The minimum Gasteiger partial charge on any atom is -0.318 e. The third kappa shape index (κ3) is 3.63. The predicted molar refractivity (Wildman–Crippen MR) is 93.8 cm³/mol. The van der Waals surface area contributed by atoms with Crippen molar-refractivity contribution in [1.29, 1.82) is 0 Å². The lowest BCUT2D eigenvalue weighted by molar-refractivity contribution is -0.137. The van der Waals surface area contributed by atoms with Crippen molar-refractivity contribution in [3.63, 3.8) is 0 Å². The van der Waals surface area contributed by atoms with Crippen molar-refractivity contribution in [2.45, 2.75) is 18.1 Å². The molecule has 1 N–H and O–H groups in total. The molecule has 0 unspecified atom stereocenters. The summed E-state index contributed by atoms with van der Waals surface area (Å²) >= 11 is 7.23. The van der Waals surface area contributed by atoms with E-state index in [1.165, 1.54) is 11.8 Å². The van der Waals surface area contributed by atoms with Gasteiger partial charge in [-0.1, -0.05) is 24.6 Å². The highest BCUT2D eigenvalue weighted by Gasteiger charge is 2.32. The number of rotatable bonds is 4. The molecular formula is C16H12ClF3N4OS. The van der Waals surface area contributed by atoms with Crippen molar-refractivity contribution < 1.29 is 18.0 Å². The van der Waals surface area contributed by atoms with Crippen LogP contribution in [0.2, 0.25) is 5.15 Å². The second kappa shape index (κ2) is 7.16. The number of pyridine rings is 2. The Kier molecular flexibility index (Phi) is 5.10. The first-order valence-electron chi connectivity index (χ1n) is 7.45. The first kappa shape index (κ1) is 18.5. The molecule has 3 aromatic heterocycles. The van der Waals surface area contributed by atoms with Crippen LogP contribution in [0, 0.1) is 0 Å². The maximum Gasteiger partial charge on any atom is 0.417 e. The number of carbonyl (C=O) groups excluding carboxylic acids is 1. The van der Waals surface area contributed by atoms with Crippen LogP contribution in [0.4, 0.5) is 18.9 Å². The van der Waals surface area contributed by atoms with Crippen molar-refractivity contribution >= 4 is 40.6 Å². The minimum atomic E-state index is -4.59. The molecule has 136 valence electrons. The van der Waals surface area contributed by atoms with Crippen LogP contribution < -0.4 is 5.32 Å². The zero-order chi connectivity index (χ0) is 18.9. The van der Waals surface area contributed by atoms with Crippen LogP contribution in [0.3, 0.4) is 0 Å². The van der Waals surface area contributed by atoms with Crippen molar-refractivity contribution in [1.82, 2.24) is 14.4 Å². The molecule has 1 amide bonds. The van der Waals surface area contributed by atoms with Gasteiger partial charge in [0.2, 0.25) is 0 Å². The number of anilines is 1. The molecule has 3 aromatic rings. The molecule has 0 saturated carbocycles. The SMILES string of the molecule is CCSc1c(C(=O)Nc2cc(C(F)(F)F)cnc2Cl)nc2ccccn12. The topological polar surface area (TPSA) is 59.3 Å². The molecular weight excluding hydrogens is 389 g/mol. The van der Waals surface area contributed by atoms with E-state index < -0.39 is 17.6 Å². The lowest BCUT2D eigenvalue weighted by Crippen LogP contribution is -2.15. The summed E-state index contributed by atoms with van der Waals surface area (Å²) < 4.78 is 40.3. The van der Waals surface area contributed by atoms with Gasteiger partial charge in [-0.15, -0.1) is 11.8 Å². The summed E-state index contributed by atoms with van der Waals surface area (Å²) in [5.74, 6) is 0.0298. The molecule has 3 heterocycles. The highest BCUT2D eigenvalue weighted by Crippen LogP contribution is 2.33. The van der Waals surface area contributed by atoms with E-state index in [9.17, 15) is 18.0 Å². The van der Waals surface area contributed by atoms with Crippen LogP contribution in [0.15, 0.2) is 41.7 Å². The maximum absolute atomic E-state index is 12.8. The van der Waals surface area contributed by atoms with E-state index in [0.717, 1.165) is 6.07 Å². The lowest BCUT2D eigenvalue weighted by atomic mass is 10.2. The molecule has 0 radical (unpaired) electrons. The Labute approximate surface area is 155 Å². The number of nitrogens with one attached hydrogen (secondary N) is 1. The second-order valence-electron chi connectivity index (χ2n) is 5.14. The molecule has 0 fully saturated rings. The van der Waals surface area contributed by atoms with E-state index in [0.29, 0.717) is 22.6 Å². The standard InChI is InChI=1S/C16H12ClF3N4OS/c1-2-26-15-12(23-11-5-3-4-6-24(11)15)14(25)22-10-7-9(16(18,19)20)8-21-13(10)17/h3-8H,2H2,1H3,(H,22,25). The van der Waals surface area contributed by atoms with E-state index >= 15 is 0 Å². The number of nitrogens with zero attached hydrogens (tertiary/aromatic N) is 3. The summed E-state index contributed by atoms with van der Waals surface area (Å²) in [7, 11) is 0. The van der Waals surface area contributed by atoms with E-state index in [4.69, 9.17) is 11.6 Å². The van der Waals surface area contributed by atoms with Crippen molar-refractivity contribution in [2.24, 2.45) is 0 Å². The van der Waals surface area contributed by atoms with Crippen LogP contribution >= 0.6 is 23.4 Å². The summed E-state index contributed by atoms with van der Waals surface area (Å²) in [5.41, 5.74) is -0.565. The lowest BCUT2D eigenvalue weighted by Gasteiger charge is -2.10. The molecule has 0 atom stereocenters. The van der Waals surface area contributed by atoms with Gasteiger partial charge in [0.25, 0.3) is 5.91 Å². The molecule has 0 aliphatic rings. The largest absolute Gasteiger partial charge is 0.417 e. The summed E-state index contributed by atoms with van der Waals surface area (Å²) in [5, 5.41) is 2.73. The molecule has 0 bridgehead atoms. The highest BCUT2D eigenvalue weighted by molar-refractivity contribution is 7.99. The van der Waals surface area contributed by atoms with E-state index in [-0.39, 0.29) is 16.5 Å². The van der Waals surface area contributed by atoms with Gasteiger partial charge >= 0.3 is 6.18 Å². The van der Waals surface area contributed by atoms with Crippen LogP contribution in [0.1, 0.15) is 23.0 Å². The van der Waals surface area contributed by atoms with Crippen LogP contribution in [-0.2, 0) is 6.18 Å². The number of fused-ring (bicyclic) bond motifs is 1. The van der Waals surface area contributed by atoms with Gasteiger partial charge in [-0.05, 0) is 24.0 Å². The number of hydrogen-bond donors (Lipinski definition) is 1. The van der Waals surface area contributed by atoms with E-state index in [1.54, 1.807) is 28.8 Å². The van der Waals surface area contributed by atoms with Gasteiger partial charge in [0.05, 0.1) is 11.3 Å². The zero-order valence-corrected chi connectivity index (χ0v) is 14.9. The number of aromatic nitrogens is 3. The van der Waals surface area contributed by atoms with Gasteiger partial charge < -0.3 is 5.32 Å². The quantitative estimate of drug-likeness (QED) is 0.506. The highest BCUT2D eigenvalue weighted by atomic mass is 35.5. The smallest absolute Gasteiger partial charge is 0.318 e. The average molecular weight is 401 g/mol. The van der Waals surface area contributed by atoms with Gasteiger partial charge in [-0.25, -0.2) is 9.97 Å². The van der Waals surface area contributed by atoms with Gasteiger partial charge in [0, 0.05) is 12.4 Å². The Morgan fingerprint density at radius 1 is 1.38 bits per heavy atom. The average Bonchev–Trinajstić information content (AvgIpc) is 2.95. The number of hydrogen-bond acceptors (Lipinski definition) is 4. The van der Waals surface area contributed by atoms with Gasteiger partial charge in [-0.2, -0.15) is 13.2 Å². The normalized spacial score (nSPS) is 11.7. The molecule has 0 saturated heterocycles. The third-order valence-electron chi connectivity index (χ3n) is 3.40. The Balaban J connectivity index is 1.99. The van der Waals surface area contributed by atoms with Crippen LogP contribution in [0.25, 0.3) is 5.65 Å². The second-order valence-corrected chi connectivity index (χ2v) is 6.75. The van der Waals surface area contributed by atoms with Crippen molar-refractivity contribution in [3.8, 4) is 0 Å². The summed E-state index contributed by atoms with van der Waals surface area (Å²) in [6.07, 6.45) is -2.22. The number of halogens is 4. The van der Waals surface area contributed by atoms with Crippen LogP contribution in [0.5, 0.6) is 0 Å². The fraction of sp³-hybridized carbons (Fsp3) is 0.188. The number of imidazole rings is 1. The summed E-state index contributed by atoms with van der Waals surface area (Å²) in [4.78, 5) is 20.4. The molecule has 0 aliphatic carbocycles. The van der Waals surface area contributed by atoms with Gasteiger partial charge in [0.15, 0.2) is 10.8 Å². The minimum absolute atomic E-state index is 0.108. The first-order chi connectivity index (χ1) is 12.3. The van der Waals surface area contributed by atoms with E-state index in [2.05, 4.69) is 15.3 Å². The molecule has 3 rings (SSSR count). The number of carbonyl (C=O) groups is 1. The molecule has 0 aromatic carbocycles. The van der Waals surface area contributed by atoms with Gasteiger partial charge in [0.1, 0.15) is 10.7 Å². The van der Waals surface area contributed by atoms with Crippen molar-refractivity contribution in [2.75, 3.05) is 11.1 Å². The third-order valence-corrected chi connectivity index (χ3v) is 4.65. The van der Waals surface area contributed by atoms with Crippen molar-refractivity contribution in [3.05, 3.63) is 53.1 Å². The zero-order valence-electron chi connectivity index (χ0n) is 13.3. The van der Waals surface area contributed by atoms with Gasteiger partial charge in [-0.3, -0.25) is 9.20 Å². The predicted octanol–water partition coefficient (Wildman–Crippen LogP) is 4.77.